The molecule has 4 heteroatoms. The molecular weight excluding hydrogens is 240 g/mol. The highest BCUT2D eigenvalue weighted by molar-refractivity contribution is 7.13. The second kappa shape index (κ2) is 4.44. The molecule has 0 aliphatic carbocycles. The van der Waals surface area contributed by atoms with E-state index >= 15 is 0 Å². The van der Waals surface area contributed by atoms with E-state index in [9.17, 15) is 0 Å². The van der Waals surface area contributed by atoms with Crippen LogP contribution in [-0.2, 0) is 0 Å². The normalized spacial score (nSPS) is 11.0. The van der Waals surface area contributed by atoms with Crippen molar-refractivity contribution in [2.24, 2.45) is 0 Å². The van der Waals surface area contributed by atoms with Gasteiger partial charge in [-0.25, -0.2) is 4.98 Å². The minimum Gasteiger partial charge on any atom is -0.398 e. The summed E-state index contributed by atoms with van der Waals surface area (Å²) in [6, 6.07) is 5.62. The summed E-state index contributed by atoms with van der Waals surface area (Å²) in [5.74, 6) is 0.453. The van der Waals surface area contributed by atoms with Crippen LogP contribution in [0.3, 0.4) is 0 Å². The lowest BCUT2D eigenvalue weighted by atomic mass is 10.1. The van der Waals surface area contributed by atoms with Crippen molar-refractivity contribution in [2.75, 3.05) is 5.73 Å². The summed E-state index contributed by atoms with van der Waals surface area (Å²) >= 11 is 7.52. The van der Waals surface area contributed by atoms with Crippen molar-refractivity contribution in [3.8, 4) is 10.6 Å². The average molecular weight is 253 g/mol. The molecular formula is C12H13ClN2S. The van der Waals surface area contributed by atoms with E-state index in [1.165, 1.54) is 0 Å². The number of aromatic nitrogens is 1. The van der Waals surface area contributed by atoms with Crippen LogP contribution in [0.25, 0.3) is 10.6 Å². The first-order chi connectivity index (χ1) is 7.58. The Balaban J connectivity index is 2.39. The maximum atomic E-state index is 5.88. The van der Waals surface area contributed by atoms with Gasteiger partial charge in [0, 0.05) is 10.9 Å². The van der Waals surface area contributed by atoms with Crippen LogP contribution in [0.4, 0.5) is 5.69 Å². The Morgan fingerprint density at radius 3 is 2.69 bits per heavy atom. The quantitative estimate of drug-likeness (QED) is 0.815. The van der Waals surface area contributed by atoms with Gasteiger partial charge in [-0.3, -0.25) is 0 Å². The predicted molar refractivity (Wildman–Crippen MR) is 71.1 cm³/mol. The summed E-state index contributed by atoms with van der Waals surface area (Å²) in [6.45, 7) is 4.27. The van der Waals surface area contributed by atoms with Crippen molar-refractivity contribution in [2.45, 2.75) is 19.8 Å². The molecule has 0 saturated carbocycles. The second-order valence-electron chi connectivity index (χ2n) is 3.97. The van der Waals surface area contributed by atoms with Crippen molar-refractivity contribution >= 4 is 28.6 Å². The third-order valence-electron chi connectivity index (χ3n) is 2.36. The van der Waals surface area contributed by atoms with Crippen LogP contribution in [0.5, 0.6) is 0 Å². The minimum atomic E-state index is 0.453. The molecule has 0 aliphatic rings. The zero-order chi connectivity index (χ0) is 11.7. The first kappa shape index (κ1) is 11.4. The van der Waals surface area contributed by atoms with Crippen molar-refractivity contribution in [1.82, 2.24) is 4.98 Å². The zero-order valence-corrected chi connectivity index (χ0v) is 10.8. The van der Waals surface area contributed by atoms with Gasteiger partial charge < -0.3 is 5.73 Å². The molecule has 16 heavy (non-hydrogen) atoms. The van der Waals surface area contributed by atoms with Crippen LogP contribution in [0, 0.1) is 0 Å². The fraction of sp³-hybridized carbons (Fsp3) is 0.250. The Kier molecular flexibility index (Phi) is 3.17. The number of rotatable bonds is 2. The highest BCUT2D eigenvalue weighted by Crippen LogP contribution is 2.30. The van der Waals surface area contributed by atoms with Gasteiger partial charge in [0.05, 0.1) is 16.4 Å². The molecule has 0 amide bonds. The van der Waals surface area contributed by atoms with E-state index in [0.717, 1.165) is 16.3 Å². The molecule has 2 N–H and O–H groups in total. The van der Waals surface area contributed by atoms with Crippen LogP contribution in [0.2, 0.25) is 5.02 Å². The number of nitrogens with zero attached hydrogens (tertiary/aromatic N) is 1. The maximum Gasteiger partial charge on any atom is 0.123 e. The van der Waals surface area contributed by atoms with Crippen molar-refractivity contribution in [3.63, 3.8) is 0 Å². The first-order valence-electron chi connectivity index (χ1n) is 5.08. The molecule has 1 aromatic heterocycles. The standard InChI is InChI=1S/C12H13ClN2S/c1-7(2)11-6-16-12(15-11)8-3-4-9(13)10(14)5-8/h3-7H,14H2,1-2H3. The summed E-state index contributed by atoms with van der Waals surface area (Å²) < 4.78 is 0. The molecule has 0 bridgehead atoms. The molecule has 1 aromatic carbocycles. The Bertz CT molecular complexity index is 505. The van der Waals surface area contributed by atoms with E-state index in [0.29, 0.717) is 16.6 Å². The van der Waals surface area contributed by atoms with Crippen LogP contribution < -0.4 is 5.73 Å². The van der Waals surface area contributed by atoms with Crippen molar-refractivity contribution < 1.29 is 0 Å². The molecule has 0 spiro atoms. The van der Waals surface area contributed by atoms with Gasteiger partial charge in [-0.05, 0) is 18.1 Å². The summed E-state index contributed by atoms with van der Waals surface area (Å²) in [5.41, 5.74) is 8.51. The number of anilines is 1. The highest BCUT2D eigenvalue weighted by Gasteiger charge is 2.08. The minimum absolute atomic E-state index is 0.453. The molecule has 0 unspecified atom stereocenters. The number of benzene rings is 1. The molecule has 0 fully saturated rings. The number of nitrogens with two attached hydrogens (primary N) is 1. The van der Waals surface area contributed by atoms with Crippen molar-refractivity contribution in [3.05, 3.63) is 34.3 Å². The first-order valence-corrected chi connectivity index (χ1v) is 6.34. The fourth-order valence-corrected chi connectivity index (χ4v) is 2.46. The maximum absolute atomic E-state index is 5.88. The lowest BCUT2D eigenvalue weighted by molar-refractivity contribution is 0.834. The molecule has 0 aliphatic heterocycles. The van der Waals surface area contributed by atoms with Gasteiger partial charge in [0.1, 0.15) is 5.01 Å². The number of hydrogen-bond acceptors (Lipinski definition) is 3. The Morgan fingerprint density at radius 2 is 2.12 bits per heavy atom. The van der Waals surface area contributed by atoms with E-state index < -0.39 is 0 Å². The SMILES string of the molecule is CC(C)c1csc(-c2ccc(Cl)c(N)c2)n1. The largest absolute Gasteiger partial charge is 0.398 e. The summed E-state index contributed by atoms with van der Waals surface area (Å²) in [5, 5.41) is 3.67. The van der Waals surface area contributed by atoms with Crippen LogP contribution in [0.1, 0.15) is 25.5 Å². The van der Waals surface area contributed by atoms with Gasteiger partial charge in [-0.15, -0.1) is 11.3 Å². The predicted octanol–water partition coefficient (Wildman–Crippen LogP) is 4.17. The molecule has 2 aromatic rings. The Labute approximate surface area is 104 Å². The number of hydrogen-bond donors (Lipinski definition) is 1. The summed E-state index contributed by atoms with van der Waals surface area (Å²) in [6.07, 6.45) is 0. The lowest BCUT2D eigenvalue weighted by Crippen LogP contribution is -1.89. The van der Waals surface area contributed by atoms with Gasteiger partial charge in [0.15, 0.2) is 0 Å². The van der Waals surface area contributed by atoms with Gasteiger partial charge in [-0.2, -0.15) is 0 Å². The topological polar surface area (TPSA) is 38.9 Å². The van der Waals surface area contributed by atoms with Gasteiger partial charge >= 0.3 is 0 Å². The van der Waals surface area contributed by atoms with Gasteiger partial charge in [0.25, 0.3) is 0 Å². The molecule has 0 saturated heterocycles. The number of halogens is 1. The Morgan fingerprint density at radius 1 is 1.38 bits per heavy atom. The van der Waals surface area contributed by atoms with Crippen LogP contribution >= 0.6 is 22.9 Å². The van der Waals surface area contributed by atoms with Crippen molar-refractivity contribution in [1.29, 1.82) is 0 Å². The Hall–Kier alpha value is -1.06. The molecule has 2 rings (SSSR count). The van der Waals surface area contributed by atoms with Gasteiger partial charge in [0.2, 0.25) is 0 Å². The molecule has 2 nitrogen and oxygen atoms in total. The van der Waals surface area contributed by atoms with Gasteiger partial charge in [-0.1, -0.05) is 31.5 Å². The third-order valence-corrected chi connectivity index (χ3v) is 3.61. The number of nitrogen functional groups attached to an aromatic ring is 1. The van der Waals surface area contributed by atoms with Crippen LogP contribution in [0.15, 0.2) is 23.6 Å². The third kappa shape index (κ3) is 2.20. The fourth-order valence-electron chi connectivity index (χ4n) is 1.36. The zero-order valence-electron chi connectivity index (χ0n) is 9.20. The van der Waals surface area contributed by atoms with E-state index in [2.05, 4.69) is 24.2 Å². The van der Waals surface area contributed by atoms with E-state index in [4.69, 9.17) is 17.3 Å². The smallest absolute Gasteiger partial charge is 0.123 e. The molecule has 1 heterocycles. The summed E-state index contributed by atoms with van der Waals surface area (Å²) in [4.78, 5) is 4.57. The summed E-state index contributed by atoms with van der Waals surface area (Å²) in [7, 11) is 0. The lowest BCUT2D eigenvalue weighted by Gasteiger charge is -2.01. The highest BCUT2D eigenvalue weighted by atomic mass is 35.5. The monoisotopic (exact) mass is 252 g/mol. The molecule has 84 valence electrons. The van der Waals surface area contributed by atoms with E-state index in [1.807, 2.05) is 18.2 Å². The second-order valence-corrected chi connectivity index (χ2v) is 5.23. The van der Waals surface area contributed by atoms with Crippen LogP contribution in [-0.4, -0.2) is 4.98 Å². The molecule has 0 radical (unpaired) electrons. The molecule has 0 atom stereocenters. The van der Waals surface area contributed by atoms with E-state index in [-0.39, 0.29) is 0 Å². The average Bonchev–Trinajstić information content (AvgIpc) is 2.71. The van der Waals surface area contributed by atoms with E-state index in [1.54, 1.807) is 11.3 Å². The number of thiazole rings is 1.